The van der Waals surface area contributed by atoms with Gasteiger partial charge in [0, 0.05) is 18.3 Å². The van der Waals surface area contributed by atoms with Gasteiger partial charge in [-0.25, -0.2) is 0 Å². The normalized spacial score (nSPS) is 12.6. The summed E-state index contributed by atoms with van der Waals surface area (Å²) in [5, 5.41) is 26.8. The van der Waals surface area contributed by atoms with Crippen molar-refractivity contribution in [2.75, 3.05) is 0 Å². The van der Waals surface area contributed by atoms with Crippen LogP contribution in [0.15, 0.2) is 18.3 Å². The van der Waals surface area contributed by atoms with Crippen LogP contribution in [0.2, 0.25) is 0 Å². The van der Waals surface area contributed by atoms with Gasteiger partial charge < -0.3 is 15.2 Å². The molecule has 13 heavy (non-hydrogen) atoms. The molecule has 1 heterocycles. The van der Waals surface area contributed by atoms with Crippen molar-refractivity contribution >= 4 is 12.6 Å². The van der Waals surface area contributed by atoms with Gasteiger partial charge in [-0.2, -0.15) is 0 Å². The first-order valence-electron chi connectivity index (χ1n) is 4.08. The van der Waals surface area contributed by atoms with Gasteiger partial charge in [-0.1, -0.05) is 0 Å². The van der Waals surface area contributed by atoms with E-state index in [1.54, 1.807) is 13.0 Å². The summed E-state index contributed by atoms with van der Waals surface area (Å²) >= 11 is 0. The molecule has 0 saturated heterocycles. The fraction of sp³-hybridized carbons (Fsp3) is 0.375. The molecule has 0 aromatic carbocycles. The maximum Gasteiger partial charge on any atom is 0.488 e. The quantitative estimate of drug-likeness (QED) is 0.506. The second kappa shape index (κ2) is 4.36. The monoisotopic (exact) mass is 181 g/mol. The lowest BCUT2D eigenvalue weighted by molar-refractivity contribution is 0.194. The van der Waals surface area contributed by atoms with E-state index in [-0.39, 0.29) is 0 Å². The molecule has 1 unspecified atom stereocenters. The Morgan fingerprint density at radius 2 is 2.23 bits per heavy atom. The first-order chi connectivity index (χ1) is 6.09. The molecular formula is C8H12BNO3. The molecule has 70 valence electrons. The molecule has 1 aromatic heterocycles. The Bertz CT molecular complexity index is 278. The van der Waals surface area contributed by atoms with Crippen LogP contribution >= 0.6 is 0 Å². The number of rotatable bonds is 3. The van der Waals surface area contributed by atoms with Gasteiger partial charge in [-0.05, 0) is 24.5 Å². The van der Waals surface area contributed by atoms with Crippen LogP contribution in [0, 0.1) is 0 Å². The molecule has 5 heteroatoms. The third-order valence-corrected chi connectivity index (χ3v) is 1.64. The molecule has 4 nitrogen and oxygen atoms in total. The summed E-state index contributed by atoms with van der Waals surface area (Å²) < 4.78 is 0. The highest BCUT2D eigenvalue weighted by atomic mass is 16.4. The third-order valence-electron chi connectivity index (χ3n) is 1.64. The lowest BCUT2D eigenvalue weighted by Crippen LogP contribution is -2.30. The van der Waals surface area contributed by atoms with Gasteiger partial charge in [0.15, 0.2) is 0 Å². The second-order valence-electron chi connectivity index (χ2n) is 3.01. The molecular weight excluding hydrogens is 169 g/mol. The van der Waals surface area contributed by atoms with Gasteiger partial charge in [0.1, 0.15) is 0 Å². The Balaban J connectivity index is 2.79. The molecule has 0 amide bonds. The van der Waals surface area contributed by atoms with E-state index in [2.05, 4.69) is 4.98 Å². The highest BCUT2D eigenvalue weighted by Crippen LogP contribution is 1.97. The van der Waals surface area contributed by atoms with Crippen LogP contribution in [0.3, 0.4) is 0 Å². The summed E-state index contributed by atoms with van der Waals surface area (Å²) in [6.45, 7) is 1.66. The van der Waals surface area contributed by atoms with E-state index in [9.17, 15) is 0 Å². The average molecular weight is 181 g/mol. The SMILES string of the molecule is CC(O)Cc1cc(B(O)O)ccn1. The van der Waals surface area contributed by atoms with Crippen LogP contribution in [-0.2, 0) is 6.42 Å². The first-order valence-corrected chi connectivity index (χ1v) is 4.08. The second-order valence-corrected chi connectivity index (χ2v) is 3.01. The molecule has 0 aliphatic carbocycles. The van der Waals surface area contributed by atoms with E-state index in [4.69, 9.17) is 15.2 Å². The molecule has 0 spiro atoms. The standard InChI is InChI=1S/C8H12BNO3/c1-6(11)4-8-5-7(9(12)13)2-3-10-8/h2-3,5-6,11-13H,4H2,1H3. The summed E-state index contributed by atoms with van der Waals surface area (Å²) in [4.78, 5) is 3.98. The average Bonchev–Trinajstić information content (AvgIpc) is 2.03. The van der Waals surface area contributed by atoms with Gasteiger partial charge in [0.2, 0.25) is 0 Å². The van der Waals surface area contributed by atoms with Crippen LogP contribution in [0.4, 0.5) is 0 Å². The molecule has 1 rings (SSSR count). The highest BCUT2D eigenvalue weighted by Gasteiger charge is 2.11. The topological polar surface area (TPSA) is 73.6 Å². The van der Waals surface area contributed by atoms with Crippen molar-refractivity contribution in [1.82, 2.24) is 4.98 Å². The number of aliphatic hydroxyl groups is 1. The first kappa shape index (κ1) is 10.2. The van der Waals surface area contributed by atoms with Crippen molar-refractivity contribution in [1.29, 1.82) is 0 Å². The van der Waals surface area contributed by atoms with E-state index < -0.39 is 13.2 Å². The predicted molar refractivity (Wildman–Crippen MR) is 49.4 cm³/mol. The molecule has 0 bridgehead atoms. The number of aromatic nitrogens is 1. The number of aliphatic hydroxyl groups excluding tert-OH is 1. The number of nitrogens with zero attached hydrogens (tertiary/aromatic N) is 1. The van der Waals surface area contributed by atoms with Crippen LogP contribution < -0.4 is 5.46 Å². The van der Waals surface area contributed by atoms with Crippen molar-refractivity contribution in [3.63, 3.8) is 0 Å². The predicted octanol–water partition coefficient (Wildman–Crippen LogP) is -1.32. The molecule has 1 aromatic rings. The molecule has 1 atom stereocenters. The van der Waals surface area contributed by atoms with E-state index in [1.807, 2.05) is 0 Å². The van der Waals surface area contributed by atoms with Crippen molar-refractivity contribution < 1.29 is 15.2 Å². The third kappa shape index (κ3) is 3.14. The highest BCUT2D eigenvalue weighted by molar-refractivity contribution is 6.58. The van der Waals surface area contributed by atoms with Gasteiger partial charge >= 0.3 is 7.12 Å². The van der Waals surface area contributed by atoms with E-state index in [0.717, 1.165) is 0 Å². The Morgan fingerprint density at radius 3 is 2.77 bits per heavy atom. The zero-order valence-corrected chi connectivity index (χ0v) is 7.38. The van der Waals surface area contributed by atoms with Crippen LogP contribution in [-0.4, -0.2) is 33.4 Å². The number of hydrogen-bond donors (Lipinski definition) is 3. The summed E-state index contributed by atoms with van der Waals surface area (Å²) in [6, 6.07) is 3.09. The molecule has 0 aliphatic rings. The Hall–Kier alpha value is -0.905. The molecule has 0 radical (unpaired) electrons. The number of pyridine rings is 1. The smallest absolute Gasteiger partial charge is 0.423 e. The van der Waals surface area contributed by atoms with Gasteiger partial charge in [0.05, 0.1) is 6.10 Å². The lowest BCUT2D eigenvalue weighted by atomic mass is 9.80. The van der Waals surface area contributed by atoms with Gasteiger partial charge in [0.25, 0.3) is 0 Å². The zero-order chi connectivity index (χ0) is 9.84. The summed E-state index contributed by atoms with van der Waals surface area (Å²) in [7, 11) is -1.48. The molecule has 3 N–H and O–H groups in total. The molecule has 0 aliphatic heterocycles. The molecule has 0 saturated carbocycles. The van der Waals surface area contributed by atoms with Crippen molar-refractivity contribution in [2.45, 2.75) is 19.4 Å². The Kier molecular flexibility index (Phi) is 3.42. The van der Waals surface area contributed by atoms with Crippen molar-refractivity contribution in [3.8, 4) is 0 Å². The number of hydrogen-bond acceptors (Lipinski definition) is 4. The van der Waals surface area contributed by atoms with Gasteiger partial charge in [-0.15, -0.1) is 0 Å². The summed E-state index contributed by atoms with van der Waals surface area (Å²) in [6.07, 6.45) is 1.44. The van der Waals surface area contributed by atoms with Crippen LogP contribution in [0.5, 0.6) is 0 Å². The van der Waals surface area contributed by atoms with Gasteiger partial charge in [-0.3, -0.25) is 4.98 Å². The fourth-order valence-electron chi connectivity index (χ4n) is 1.07. The van der Waals surface area contributed by atoms with Crippen molar-refractivity contribution in [2.24, 2.45) is 0 Å². The minimum atomic E-state index is -1.48. The lowest BCUT2D eigenvalue weighted by Gasteiger charge is -2.05. The van der Waals surface area contributed by atoms with E-state index >= 15 is 0 Å². The van der Waals surface area contributed by atoms with Crippen molar-refractivity contribution in [3.05, 3.63) is 24.0 Å². The minimum Gasteiger partial charge on any atom is -0.423 e. The molecule has 0 fully saturated rings. The van der Waals surface area contributed by atoms with E-state index in [1.165, 1.54) is 12.3 Å². The zero-order valence-electron chi connectivity index (χ0n) is 7.38. The fourth-order valence-corrected chi connectivity index (χ4v) is 1.07. The largest absolute Gasteiger partial charge is 0.488 e. The van der Waals surface area contributed by atoms with Crippen LogP contribution in [0.1, 0.15) is 12.6 Å². The maximum atomic E-state index is 9.07. The Labute approximate surface area is 77.0 Å². The summed E-state index contributed by atoms with van der Waals surface area (Å²) in [5.74, 6) is 0. The summed E-state index contributed by atoms with van der Waals surface area (Å²) in [5.41, 5.74) is 1.05. The minimum absolute atomic E-state index is 0.394. The van der Waals surface area contributed by atoms with Crippen LogP contribution in [0.25, 0.3) is 0 Å². The Morgan fingerprint density at radius 1 is 1.54 bits per heavy atom. The van der Waals surface area contributed by atoms with E-state index in [0.29, 0.717) is 17.6 Å². The maximum absolute atomic E-state index is 9.07.